The van der Waals surface area contributed by atoms with Gasteiger partial charge in [0.1, 0.15) is 29.8 Å². The number of nitrogens with two attached hydrogens (primary N) is 1. The second-order valence-electron chi connectivity index (χ2n) is 11.8. The summed E-state index contributed by atoms with van der Waals surface area (Å²) < 4.78 is 19.3. The first-order chi connectivity index (χ1) is 21.7. The van der Waals surface area contributed by atoms with Gasteiger partial charge in [0.05, 0.1) is 31.0 Å². The number of halogens is 1. The lowest BCUT2D eigenvalue weighted by atomic mass is 9.96. The first-order valence-corrected chi connectivity index (χ1v) is 15.6. The minimum atomic E-state index is -1.45. The molecule has 2 aliphatic rings. The van der Waals surface area contributed by atoms with Crippen molar-refractivity contribution in [2.24, 2.45) is 5.73 Å². The van der Waals surface area contributed by atoms with Crippen molar-refractivity contribution in [1.82, 2.24) is 14.5 Å². The molecule has 2 amide bonds. The van der Waals surface area contributed by atoms with Gasteiger partial charge >= 0.3 is 5.69 Å². The van der Waals surface area contributed by atoms with Gasteiger partial charge in [-0.2, -0.15) is 4.98 Å². The number of carbonyl (C=O) groups is 2. The van der Waals surface area contributed by atoms with E-state index in [1.807, 2.05) is 6.92 Å². The molecule has 0 spiro atoms. The van der Waals surface area contributed by atoms with Crippen LogP contribution < -0.4 is 22.1 Å². The Labute approximate surface area is 272 Å². The number of likely N-dealkylation sites (N-methyl/N-ethyl adjacent to an activating group) is 1. The average Bonchev–Trinajstić information content (AvgIpc) is 3.01. The van der Waals surface area contributed by atoms with E-state index in [0.29, 0.717) is 18.5 Å². The van der Waals surface area contributed by atoms with Crippen LogP contribution in [0.1, 0.15) is 50.2 Å². The number of aromatic nitrogens is 2. The van der Waals surface area contributed by atoms with Gasteiger partial charge in [0.15, 0.2) is 6.29 Å². The number of aliphatic hydroxyl groups excluding tert-OH is 3. The molecule has 3 heterocycles. The summed E-state index contributed by atoms with van der Waals surface area (Å²) in [6.45, 7) is 4.47. The lowest BCUT2D eigenvalue weighted by molar-refractivity contribution is -0.310. The molecular weight excluding hydrogens is 624 g/mol. The standard InChI is InChI=1S/C29H42N6O9.CH3Cl/c1-15-19(44-26-24(38)23(37)22(34(4)5)16(2)43-26)10-11-21(42-15)35-13-12-20(33-28(35)41)32-25(39)17-6-8-18(9-7-17)31-27(40)29(3,30)14-36;1-2/h6-9,12-13,15-16,19,21-24,26,36-38H,10-11,14,30H2,1-5H3,(H,31,40)(H,32,33,39,41);1H3. The topological polar surface area (TPSA) is 211 Å². The smallest absolute Gasteiger partial charge is 0.351 e. The minimum absolute atomic E-state index is 0.0488. The Hall–Kier alpha value is -2.99. The van der Waals surface area contributed by atoms with E-state index in [1.54, 1.807) is 25.9 Å². The third kappa shape index (κ3) is 8.87. The number of benzene rings is 1. The van der Waals surface area contributed by atoms with Crippen molar-refractivity contribution in [3.05, 3.63) is 52.6 Å². The molecular formula is C30H45ClN6O9. The zero-order chi connectivity index (χ0) is 34.3. The van der Waals surface area contributed by atoms with Crippen LogP contribution in [0.4, 0.5) is 11.5 Å². The van der Waals surface area contributed by atoms with Crippen molar-refractivity contribution in [1.29, 1.82) is 0 Å². The van der Waals surface area contributed by atoms with Gasteiger partial charge in [0, 0.05) is 23.8 Å². The lowest BCUT2D eigenvalue weighted by Gasteiger charge is -2.46. The summed E-state index contributed by atoms with van der Waals surface area (Å²) in [6, 6.07) is 7.07. The summed E-state index contributed by atoms with van der Waals surface area (Å²) in [4.78, 5) is 43.5. The second-order valence-corrected chi connectivity index (χ2v) is 11.8. The first kappa shape index (κ1) is 37.5. The highest BCUT2D eigenvalue weighted by molar-refractivity contribution is 6.15. The number of amides is 2. The Morgan fingerprint density at radius 2 is 1.74 bits per heavy atom. The molecule has 2 aliphatic heterocycles. The van der Waals surface area contributed by atoms with Crippen LogP contribution in [0.25, 0.3) is 0 Å². The summed E-state index contributed by atoms with van der Waals surface area (Å²) in [5, 5.41) is 35.6. The fourth-order valence-electron chi connectivity index (χ4n) is 5.29. The third-order valence-electron chi connectivity index (χ3n) is 7.94. The van der Waals surface area contributed by atoms with Crippen molar-refractivity contribution < 1.29 is 39.1 Å². The van der Waals surface area contributed by atoms with E-state index in [2.05, 4.69) is 27.2 Å². The number of carbonyl (C=O) groups excluding carboxylic acids is 2. The molecule has 0 bridgehead atoms. The van der Waals surface area contributed by atoms with Crippen molar-refractivity contribution in [2.75, 3.05) is 37.7 Å². The Kier molecular flexibility index (Phi) is 13.2. The third-order valence-corrected chi connectivity index (χ3v) is 7.94. The van der Waals surface area contributed by atoms with E-state index in [9.17, 15) is 29.7 Å². The predicted octanol–water partition coefficient (Wildman–Crippen LogP) is 0.478. The van der Waals surface area contributed by atoms with Crippen LogP contribution in [0, 0.1) is 0 Å². The van der Waals surface area contributed by atoms with Gasteiger partial charge in [-0.15, -0.1) is 11.6 Å². The Morgan fingerprint density at radius 3 is 2.30 bits per heavy atom. The monoisotopic (exact) mass is 668 g/mol. The van der Waals surface area contributed by atoms with Crippen LogP contribution in [0.3, 0.4) is 0 Å². The van der Waals surface area contributed by atoms with E-state index >= 15 is 0 Å². The normalized spacial score (nSPS) is 29.2. The summed E-state index contributed by atoms with van der Waals surface area (Å²) >= 11 is 4.64. The van der Waals surface area contributed by atoms with Crippen LogP contribution in [0.15, 0.2) is 41.3 Å². The highest BCUT2D eigenvalue weighted by Gasteiger charge is 2.46. The molecule has 0 radical (unpaired) electrons. The molecule has 1 aromatic heterocycles. The van der Waals surface area contributed by atoms with Crippen molar-refractivity contribution in [3.63, 3.8) is 0 Å². The number of nitrogens with zero attached hydrogens (tertiary/aromatic N) is 3. The van der Waals surface area contributed by atoms with Gasteiger partial charge < -0.3 is 50.8 Å². The highest BCUT2D eigenvalue weighted by atomic mass is 35.5. The number of nitrogens with one attached hydrogen (secondary N) is 2. The molecule has 0 saturated carbocycles. The van der Waals surface area contributed by atoms with Crippen LogP contribution >= 0.6 is 11.6 Å². The summed E-state index contributed by atoms with van der Waals surface area (Å²) in [5.74, 6) is -1.05. The Balaban J connectivity index is 0.00000282. The predicted molar refractivity (Wildman–Crippen MR) is 170 cm³/mol. The van der Waals surface area contributed by atoms with Gasteiger partial charge in [0.25, 0.3) is 5.91 Å². The zero-order valence-electron chi connectivity index (χ0n) is 26.8. The Bertz CT molecular complexity index is 1380. The summed E-state index contributed by atoms with van der Waals surface area (Å²) in [5.41, 5.74) is 4.29. The number of anilines is 2. The van der Waals surface area contributed by atoms with E-state index in [0.717, 1.165) is 0 Å². The number of alkyl halides is 1. The van der Waals surface area contributed by atoms with Gasteiger partial charge in [-0.05, 0) is 78.0 Å². The van der Waals surface area contributed by atoms with Crippen molar-refractivity contribution >= 4 is 34.9 Å². The molecule has 46 heavy (non-hydrogen) atoms. The number of ether oxygens (including phenoxy) is 3. The first-order valence-electron chi connectivity index (χ1n) is 14.8. The molecule has 2 saturated heterocycles. The van der Waals surface area contributed by atoms with Gasteiger partial charge in [-0.1, -0.05) is 0 Å². The molecule has 1 aromatic carbocycles. The SMILES string of the molecule is CC1OC(n2ccc(NC(=O)c3ccc(NC(=O)C(C)(N)CO)cc3)nc2=O)CCC1OC1OC(C)C(N(C)C)C(O)C1O.CCl. The molecule has 2 aromatic rings. The molecule has 9 unspecified atom stereocenters. The maximum absolute atomic E-state index is 12.9. The van der Waals surface area contributed by atoms with Crippen LogP contribution in [0.2, 0.25) is 0 Å². The molecule has 4 rings (SSSR count). The molecule has 9 atom stereocenters. The fourth-order valence-corrected chi connectivity index (χ4v) is 5.29. The number of aliphatic hydroxyl groups is 3. The summed E-state index contributed by atoms with van der Waals surface area (Å²) in [7, 11) is 3.61. The fraction of sp³-hybridized carbons (Fsp3) is 0.600. The highest BCUT2D eigenvalue weighted by Crippen LogP contribution is 2.32. The number of hydrogen-bond acceptors (Lipinski definition) is 12. The number of hydrogen-bond donors (Lipinski definition) is 6. The molecule has 15 nitrogen and oxygen atoms in total. The van der Waals surface area contributed by atoms with E-state index < -0.39 is 66.6 Å². The van der Waals surface area contributed by atoms with Gasteiger partial charge in [0.2, 0.25) is 5.91 Å². The van der Waals surface area contributed by atoms with Crippen molar-refractivity contribution in [2.45, 2.75) is 88.2 Å². The van der Waals surface area contributed by atoms with Crippen LogP contribution in [0.5, 0.6) is 0 Å². The van der Waals surface area contributed by atoms with Crippen LogP contribution in [-0.2, 0) is 19.0 Å². The molecule has 16 heteroatoms. The average molecular weight is 669 g/mol. The van der Waals surface area contributed by atoms with Crippen LogP contribution in [-0.4, -0.2) is 117 Å². The summed E-state index contributed by atoms with van der Waals surface area (Å²) in [6.07, 6.45) is -1.38. The maximum Gasteiger partial charge on any atom is 0.351 e. The van der Waals surface area contributed by atoms with Gasteiger partial charge in [-0.3, -0.25) is 14.2 Å². The zero-order valence-corrected chi connectivity index (χ0v) is 27.5. The molecule has 0 aliphatic carbocycles. The van der Waals surface area contributed by atoms with E-state index in [1.165, 1.54) is 54.4 Å². The lowest BCUT2D eigenvalue weighted by Crippen LogP contribution is -2.62. The largest absolute Gasteiger partial charge is 0.394 e. The molecule has 256 valence electrons. The Morgan fingerprint density at radius 1 is 1.09 bits per heavy atom. The van der Waals surface area contributed by atoms with E-state index in [4.69, 9.17) is 19.9 Å². The molecule has 7 N–H and O–H groups in total. The second kappa shape index (κ2) is 16.2. The van der Waals surface area contributed by atoms with Crippen molar-refractivity contribution in [3.8, 4) is 0 Å². The van der Waals surface area contributed by atoms with E-state index in [-0.39, 0.29) is 23.5 Å². The van der Waals surface area contributed by atoms with Gasteiger partial charge in [-0.25, -0.2) is 4.79 Å². The molecule has 2 fully saturated rings. The number of rotatable bonds is 9. The quantitative estimate of drug-likeness (QED) is 0.202. The maximum atomic E-state index is 12.9. The minimum Gasteiger partial charge on any atom is -0.394 e.